The SMILES string of the molecule is CCCCc1nc(O)c(C(=O)N(C)CCNc2ncc(Cl)cc2F)c(O)c1-c1c(OC)cccc1OC. The monoisotopic (exact) mass is 532 g/mol. The number of rotatable bonds is 11. The Morgan fingerprint density at radius 1 is 1.19 bits per heavy atom. The third kappa shape index (κ3) is 6.14. The molecular formula is C26H30ClFN4O5. The van der Waals surface area contributed by atoms with E-state index in [-0.39, 0.29) is 35.1 Å². The van der Waals surface area contributed by atoms with Crippen LogP contribution in [0.4, 0.5) is 10.2 Å². The normalized spacial score (nSPS) is 10.8. The summed E-state index contributed by atoms with van der Waals surface area (Å²) in [7, 11) is 4.46. The number of carbonyl (C=O) groups is 1. The quantitative estimate of drug-likeness (QED) is 0.319. The van der Waals surface area contributed by atoms with Gasteiger partial charge in [0.05, 0.1) is 36.1 Å². The molecule has 37 heavy (non-hydrogen) atoms. The lowest BCUT2D eigenvalue weighted by molar-refractivity contribution is 0.0793. The zero-order valence-electron chi connectivity index (χ0n) is 21.1. The van der Waals surface area contributed by atoms with Crippen molar-refractivity contribution in [1.82, 2.24) is 14.9 Å². The summed E-state index contributed by atoms with van der Waals surface area (Å²) >= 11 is 5.72. The molecule has 0 aliphatic carbocycles. The molecule has 2 aromatic heterocycles. The van der Waals surface area contributed by atoms with Crippen LogP contribution in [0.15, 0.2) is 30.5 Å². The molecule has 1 aromatic carbocycles. The summed E-state index contributed by atoms with van der Waals surface area (Å²) in [4.78, 5) is 22.8. The fourth-order valence-electron chi connectivity index (χ4n) is 3.87. The van der Waals surface area contributed by atoms with Crippen molar-refractivity contribution in [3.05, 3.63) is 52.6 Å². The Hall–Kier alpha value is -3.79. The Labute approximate surface area is 219 Å². The van der Waals surface area contributed by atoms with E-state index in [0.29, 0.717) is 29.2 Å². The van der Waals surface area contributed by atoms with Crippen LogP contribution in [0.1, 0.15) is 35.8 Å². The number of nitrogens with zero attached hydrogens (tertiary/aromatic N) is 3. The average Bonchev–Trinajstić information content (AvgIpc) is 2.88. The molecule has 0 fully saturated rings. The van der Waals surface area contributed by atoms with E-state index in [1.807, 2.05) is 6.92 Å². The Kier molecular flexibility index (Phi) is 9.35. The summed E-state index contributed by atoms with van der Waals surface area (Å²) in [6.45, 7) is 2.26. The summed E-state index contributed by atoms with van der Waals surface area (Å²) in [6, 6.07) is 6.28. The highest BCUT2D eigenvalue weighted by Gasteiger charge is 2.30. The second kappa shape index (κ2) is 12.4. The van der Waals surface area contributed by atoms with Crippen LogP contribution in [0.2, 0.25) is 5.02 Å². The van der Waals surface area contributed by atoms with Gasteiger partial charge in [-0.1, -0.05) is 31.0 Å². The van der Waals surface area contributed by atoms with Crippen molar-refractivity contribution in [3.63, 3.8) is 0 Å². The number of aromatic nitrogens is 2. The molecule has 0 spiro atoms. The predicted molar refractivity (Wildman–Crippen MR) is 139 cm³/mol. The molecule has 1 amide bonds. The van der Waals surface area contributed by atoms with Crippen molar-refractivity contribution in [2.75, 3.05) is 39.7 Å². The van der Waals surface area contributed by atoms with Gasteiger partial charge >= 0.3 is 0 Å². The number of likely N-dealkylation sites (N-methyl/N-ethyl adjacent to an activating group) is 1. The first kappa shape index (κ1) is 27.8. The molecule has 11 heteroatoms. The molecule has 198 valence electrons. The van der Waals surface area contributed by atoms with E-state index >= 15 is 0 Å². The number of hydrogen-bond donors (Lipinski definition) is 3. The topological polar surface area (TPSA) is 117 Å². The molecule has 2 heterocycles. The Morgan fingerprint density at radius 3 is 2.46 bits per heavy atom. The van der Waals surface area contributed by atoms with E-state index in [0.717, 1.165) is 18.9 Å². The van der Waals surface area contributed by atoms with Gasteiger partial charge in [0.1, 0.15) is 22.8 Å². The number of amides is 1. The molecule has 0 unspecified atom stereocenters. The number of carbonyl (C=O) groups excluding carboxylic acids is 1. The number of pyridine rings is 2. The first-order chi connectivity index (χ1) is 17.7. The average molecular weight is 533 g/mol. The lowest BCUT2D eigenvalue weighted by atomic mass is 9.95. The van der Waals surface area contributed by atoms with Crippen LogP contribution in [-0.2, 0) is 6.42 Å². The predicted octanol–water partition coefficient (Wildman–Crippen LogP) is 4.89. The van der Waals surface area contributed by atoms with Gasteiger partial charge in [0, 0.05) is 26.3 Å². The number of unbranched alkanes of at least 4 members (excludes halogenated alkanes) is 1. The van der Waals surface area contributed by atoms with Crippen molar-refractivity contribution >= 4 is 23.3 Å². The summed E-state index contributed by atoms with van der Waals surface area (Å²) in [5, 5.41) is 25.1. The molecule has 0 atom stereocenters. The first-order valence-electron chi connectivity index (χ1n) is 11.7. The highest BCUT2D eigenvalue weighted by atomic mass is 35.5. The number of methoxy groups -OCH3 is 2. The minimum atomic E-state index is -0.675. The standard InChI is InChI=1S/C26H30ClFN4O5/c1-5-6-8-17-20(21-18(36-3)9-7-10-19(21)37-4)23(33)22(25(34)31-17)26(35)32(2)12-11-29-24-16(28)13-15(27)14-30-24/h7,9-10,13-14H,5-6,8,11-12H2,1-4H3,(H,29,30)(H2,31,33,34). The molecule has 0 bridgehead atoms. The van der Waals surface area contributed by atoms with Crippen LogP contribution >= 0.6 is 11.6 Å². The van der Waals surface area contributed by atoms with Crippen LogP contribution in [0.5, 0.6) is 23.1 Å². The number of nitrogens with one attached hydrogen (secondary N) is 1. The van der Waals surface area contributed by atoms with E-state index < -0.39 is 23.4 Å². The highest BCUT2D eigenvalue weighted by molar-refractivity contribution is 6.30. The molecule has 0 saturated carbocycles. The number of ether oxygens (including phenoxy) is 2. The van der Waals surface area contributed by atoms with Crippen LogP contribution < -0.4 is 14.8 Å². The van der Waals surface area contributed by atoms with Crippen LogP contribution in [0.25, 0.3) is 11.1 Å². The van der Waals surface area contributed by atoms with Crippen molar-refractivity contribution in [1.29, 1.82) is 0 Å². The van der Waals surface area contributed by atoms with Gasteiger partial charge in [-0.2, -0.15) is 0 Å². The van der Waals surface area contributed by atoms with E-state index in [4.69, 9.17) is 21.1 Å². The van der Waals surface area contributed by atoms with E-state index in [9.17, 15) is 19.4 Å². The fraction of sp³-hybridized carbons (Fsp3) is 0.346. The zero-order chi connectivity index (χ0) is 27.1. The maximum atomic E-state index is 14.0. The number of benzene rings is 1. The van der Waals surface area contributed by atoms with Gasteiger partial charge < -0.3 is 29.9 Å². The van der Waals surface area contributed by atoms with Gasteiger partial charge in [-0.05, 0) is 31.0 Å². The van der Waals surface area contributed by atoms with Crippen LogP contribution in [0.3, 0.4) is 0 Å². The van der Waals surface area contributed by atoms with Gasteiger partial charge in [-0.25, -0.2) is 14.4 Å². The van der Waals surface area contributed by atoms with Crippen molar-refractivity contribution in [2.45, 2.75) is 26.2 Å². The maximum Gasteiger partial charge on any atom is 0.262 e. The largest absolute Gasteiger partial charge is 0.506 e. The maximum absolute atomic E-state index is 14.0. The second-order valence-corrected chi connectivity index (χ2v) is 8.70. The van der Waals surface area contributed by atoms with Crippen molar-refractivity contribution in [2.24, 2.45) is 0 Å². The molecule has 3 N–H and O–H groups in total. The molecule has 9 nitrogen and oxygen atoms in total. The van der Waals surface area contributed by atoms with Crippen LogP contribution in [-0.4, -0.2) is 65.3 Å². The molecule has 0 aliphatic heterocycles. The number of aromatic hydroxyl groups is 2. The van der Waals surface area contributed by atoms with E-state index in [1.165, 1.54) is 32.4 Å². The lowest BCUT2D eigenvalue weighted by Gasteiger charge is -2.22. The van der Waals surface area contributed by atoms with Crippen molar-refractivity contribution < 1.29 is 28.9 Å². The highest BCUT2D eigenvalue weighted by Crippen LogP contribution is 2.47. The van der Waals surface area contributed by atoms with Gasteiger partial charge in [0.2, 0.25) is 5.88 Å². The molecule has 3 rings (SSSR count). The molecule has 0 aliphatic rings. The third-order valence-corrected chi connectivity index (χ3v) is 5.99. The molecule has 3 aromatic rings. The number of halogens is 2. The number of anilines is 1. The zero-order valence-corrected chi connectivity index (χ0v) is 21.9. The van der Waals surface area contributed by atoms with E-state index in [2.05, 4.69) is 15.3 Å². The number of aryl methyl sites for hydroxylation is 1. The summed E-state index contributed by atoms with van der Waals surface area (Å²) < 4.78 is 25.0. The number of hydrogen-bond acceptors (Lipinski definition) is 8. The Morgan fingerprint density at radius 2 is 1.86 bits per heavy atom. The van der Waals surface area contributed by atoms with Gasteiger partial charge in [0.15, 0.2) is 11.6 Å². The smallest absolute Gasteiger partial charge is 0.262 e. The van der Waals surface area contributed by atoms with Gasteiger partial charge in [0.25, 0.3) is 5.91 Å². The second-order valence-electron chi connectivity index (χ2n) is 8.26. The minimum absolute atomic E-state index is 0.0107. The van der Waals surface area contributed by atoms with E-state index in [1.54, 1.807) is 18.2 Å². The van der Waals surface area contributed by atoms with Gasteiger partial charge in [-0.3, -0.25) is 4.79 Å². The Bertz CT molecular complexity index is 1250. The molecule has 0 radical (unpaired) electrons. The molecule has 0 saturated heterocycles. The Balaban J connectivity index is 1.98. The van der Waals surface area contributed by atoms with Gasteiger partial charge in [-0.15, -0.1) is 0 Å². The lowest BCUT2D eigenvalue weighted by Crippen LogP contribution is -2.32. The fourth-order valence-corrected chi connectivity index (χ4v) is 4.01. The summed E-state index contributed by atoms with van der Waals surface area (Å²) in [6.07, 6.45) is 3.34. The first-order valence-corrected chi connectivity index (χ1v) is 12.1. The molecular weight excluding hydrogens is 503 g/mol. The third-order valence-electron chi connectivity index (χ3n) is 5.78. The summed E-state index contributed by atoms with van der Waals surface area (Å²) in [5.74, 6) is -1.51. The van der Waals surface area contributed by atoms with Crippen molar-refractivity contribution in [3.8, 4) is 34.3 Å². The summed E-state index contributed by atoms with van der Waals surface area (Å²) in [5.41, 5.74) is 0.723. The van der Waals surface area contributed by atoms with Crippen LogP contribution in [0, 0.1) is 5.82 Å². The minimum Gasteiger partial charge on any atom is -0.506 e.